The van der Waals surface area contributed by atoms with E-state index in [9.17, 15) is 0 Å². The van der Waals surface area contributed by atoms with Gasteiger partial charge in [-0.05, 0) is 31.2 Å². The molecule has 1 heterocycles. The Morgan fingerprint density at radius 2 is 2.33 bits per heavy atom. The highest BCUT2D eigenvalue weighted by molar-refractivity contribution is 4.99. The molecule has 0 amide bonds. The van der Waals surface area contributed by atoms with Crippen LogP contribution in [-0.2, 0) is 0 Å². The third kappa shape index (κ3) is 1.01. The number of allylic oxidation sites excluding steroid dienone is 1. The Labute approximate surface area is 56.1 Å². The molecular weight excluding hydrogens is 110 g/mol. The standard InChI is InChI=1S/C8H13N/c1-2-7-4-8(3-1)6-9-5-7/h1-2,7-9H,3-6H2. The summed E-state index contributed by atoms with van der Waals surface area (Å²) in [5.41, 5.74) is 0. The summed E-state index contributed by atoms with van der Waals surface area (Å²) in [7, 11) is 0. The maximum Gasteiger partial charge on any atom is 0.00144 e. The molecule has 1 N–H and O–H groups in total. The summed E-state index contributed by atoms with van der Waals surface area (Å²) in [5.74, 6) is 1.81. The zero-order valence-electron chi connectivity index (χ0n) is 5.64. The van der Waals surface area contributed by atoms with Crippen molar-refractivity contribution in [2.75, 3.05) is 13.1 Å². The van der Waals surface area contributed by atoms with Crippen molar-refractivity contribution in [3.8, 4) is 0 Å². The number of hydrogen-bond donors (Lipinski definition) is 1. The Bertz CT molecular complexity index is 129. The van der Waals surface area contributed by atoms with Crippen molar-refractivity contribution in [3.05, 3.63) is 12.2 Å². The molecule has 2 rings (SSSR count). The zero-order valence-corrected chi connectivity index (χ0v) is 5.64. The molecule has 1 aliphatic carbocycles. The summed E-state index contributed by atoms with van der Waals surface area (Å²) in [5, 5.41) is 3.44. The number of piperidine rings is 1. The minimum atomic E-state index is 0.859. The number of rotatable bonds is 0. The van der Waals surface area contributed by atoms with Crippen molar-refractivity contribution in [2.24, 2.45) is 11.8 Å². The monoisotopic (exact) mass is 123 g/mol. The summed E-state index contributed by atoms with van der Waals surface area (Å²) in [6, 6.07) is 0. The molecule has 1 heteroatoms. The molecule has 50 valence electrons. The van der Waals surface area contributed by atoms with Crippen molar-refractivity contribution in [1.29, 1.82) is 0 Å². The fourth-order valence-corrected chi connectivity index (χ4v) is 1.86. The molecule has 2 atom stereocenters. The third-order valence-corrected chi connectivity index (χ3v) is 2.35. The highest BCUT2D eigenvalue weighted by Gasteiger charge is 2.21. The van der Waals surface area contributed by atoms with Gasteiger partial charge in [0.2, 0.25) is 0 Å². The van der Waals surface area contributed by atoms with Crippen molar-refractivity contribution in [3.63, 3.8) is 0 Å². The Morgan fingerprint density at radius 1 is 1.33 bits per heavy atom. The van der Waals surface area contributed by atoms with E-state index >= 15 is 0 Å². The van der Waals surface area contributed by atoms with Crippen molar-refractivity contribution >= 4 is 0 Å². The first-order chi connectivity index (χ1) is 4.45. The molecule has 0 aromatic rings. The lowest BCUT2D eigenvalue weighted by atomic mass is 9.84. The van der Waals surface area contributed by atoms with Crippen molar-refractivity contribution in [2.45, 2.75) is 12.8 Å². The maximum atomic E-state index is 3.44. The van der Waals surface area contributed by atoms with Gasteiger partial charge in [0.05, 0.1) is 0 Å². The van der Waals surface area contributed by atoms with Gasteiger partial charge in [-0.1, -0.05) is 12.2 Å². The fraction of sp³-hybridized carbons (Fsp3) is 0.750. The number of hydrogen-bond acceptors (Lipinski definition) is 1. The molecule has 2 aliphatic rings. The van der Waals surface area contributed by atoms with E-state index in [2.05, 4.69) is 17.5 Å². The second-order valence-corrected chi connectivity index (χ2v) is 3.18. The highest BCUT2D eigenvalue weighted by atomic mass is 14.9. The van der Waals surface area contributed by atoms with Crippen molar-refractivity contribution in [1.82, 2.24) is 5.32 Å². The predicted octanol–water partition coefficient (Wildman–Crippen LogP) is 1.17. The molecule has 1 aliphatic heterocycles. The van der Waals surface area contributed by atoms with E-state index in [1.807, 2.05) is 0 Å². The van der Waals surface area contributed by atoms with Gasteiger partial charge in [-0.25, -0.2) is 0 Å². The first-order valence-corrected chi connectivity index (χ1v) is 3.82. The van der Waals surface area contributed by atoms with Crippen LogP contribution in [0.2, 0.25) is 0 Å². The summed E-state index contributed by atoms with van der Waals surface area (Å²) in [6.45, 7) is 2.47. The smallest absolute Gasteiger partial charge is 0.00144 e. The van der Waals surface area contributed by atoms with E-state index in [-0.39, 0.29) is 0 Å². The van der Waals surface area contributed by atoms with Gasteiger partial charge >= 0.3 is 0 Å². The summed E-state index contributed by atoms with van der Waals surface area (Å²) < 4.78 is 0. The van der Waals surface area contributed by atoms with Crippen LogP contribution in [0.5, 0.6) is 0 Å². The Kier molecular flexibility index (Phi) is 1.31. The maximum absolute atomic E-state index is 3.44. The van der Waals surface area contributed by atoms with E-state index in [0.717, 1.165) is 11.8 Å². The van der Waals surface area contributed by atoms with Crippen molar-refractivity contribution < 1.29 is 0 Å². The summed E-state index contributed by atoms with van der Waals surface area (Å²) >= 11 is 0. The minimum absolute atomic E-state index is 0.859. The van der Waals surface area contributed by atoms with Crippen LogP contribution in [0, 0.1) is 11.8 Å². The molecule has 1 saturated heterocycles. The van der Waals surface area contributed by atoms with Crippen LogP contribution in [0.25, 0.3) is 0 Å². The topological polar surface area (TPSA) is 12.0 Å². The minimum Gasteiger partial charge on any atom is -0.316 e. The van der Waals surface area contributed by atoms with Gasteiger partial charge in [0.25, 0.3) is 0 Å². The van der Waals surface area contributed by atoms with Crippen LogP contribution in [0.4, 0.5) is 0 Å². The molecule has 0 radical (unpaired) electrons. The molecule has 1 nitrogen and oxygen atoms in total. The fourth-order valence-electron chi connectivity index (χ4n) is 1.86. The van der Waals surface area contributed by atoms with Crippen LogP contribution in [0.15, 0.2) is 12.2 Å². The van der Waals surface area contributed by atoms with Gasteiger partial charge in [-0.15, -0.1) is 0 Å². The predicted molar refractivity (Wildman–Crippen MR) is 38.2 cm³/mol. The Balaban J connectivity index is 2.09. The summed E-state index contributed by atoms with van der Waals surface area (Å²) in [6.07, 6.45) is 7.45. The molecule has 2 bridgehead atoms. The quantitative estimate of drug-likeness (QED) is 0.477. The van der Waals surface area contributed by atoms with E-state index < -0.39 is 0 Å². The van der Waals surface area contributed by atoms with Crippen LogP contribution < -0.4 is 5.32 Å². The largest absolute Gasteiger partial charge is 0.316 e. The third-order valence-electron chi connectivity index (χ3n) is 2.35. The lowest BCUT2D eigenvalue weighted by Crippen LogP contribution is -2.36. The molecule has 0 saturated carbocycles. The van der Waals surface area contributed by atoms with Gasteiger partial charge in [-0.3, -0.25) is 0 Å². The first-order valence-electron chi connectivity index (χ1n) is 3.82. The van der Waals surface area contributed by atoms with Crippen LogP contribution in [0.3, 0.4) is 0 Å². The van der Waals surface area contributed by atoms with Crippen LogP contribution in [-0.4, -0.2) is 13.1 Å². The van der Waals surface area contributed by atoms with Gasteiger partial charge in [0.1, 0.15) is 0 Å². The van der Waals surface area contributed by atoms with E-state index in [0.29, 0.717) is 0 Å². The molecule has 2 unspecified atom stereocenters. The summed E-state index contributed by atoms with van der Waals surface area (Å²) in [4.78, 5) is 0. The number of fused-ring (bicyclic) bond motifs is 2. The zero-order chi connectivity index (χ0) is 6.10. The van der Waals surface area contributed by atoms with Gasteiger partial charge in [0, 0.05) is 6.54 Å². The first kappa shape index (κ1) is 5.48. The average Bonchev–Trinajstić information content (AvgIpc) is 1.88. The highest BCUT2D eigenvalue weighted by Crippen LogP contribution is 2.25. The molecule has 0 spiro atoms. The van der Waals surface area contributed by atoms with Gasteiger partial charge < -0.3 is 5.32 Å². The molecule has 9 heavy (non-hydrogen) atoms. The normalized spacial score (nSPS) is 40.9. The Morgan fingerprint density at radius 3 is 3.11 bits per heavy atom. The van der Waals surface area contributed by atoms with Crippen LogP contribution >= 0.6 is 0 Å². The lowest BCUT2D eigenvalue weighted by molar-refractivity contribution is 0.311. The SMILES string of the molecule is C1=CC2CNCC(C1)C2. The molecule has 1 fully saturated rings. The molecule has 0 aromatic heterocycles. The van der Waals surface area contributed by atoms with E-state index in [1.54, 1.807) is 0 Å². The van der Waals surface area contributed by atoms with E-state index in [4.69, 9.17) is 0 Å². The van der Waals surface area contributed by atoms with Gasteiger partial charge in [-0.2, -0.15) is 0 Å². The second kappa shape index (κ2) is 2.14. The van der Waals surface area contributed by atoms with Crippen LogP contribution in [0.1, 0.15) is 12.8 Å². The lowest BCUT2D eigenvalue weighted by Gasteiger charge is -2.30. The number of nitrogens with one attached hydrogen (secondary N) is 1. The second-order valence-electron chi connectivity index (χ2n) is 3.18. The average molecular weight is 123 g/mol. The Hall–Kier alpha value is -0.300. The van der Waals surface area contributed by atoms with Gasteiger partial charge in [0.15, 0.2) is 0 Å². The molecular formula is C8H13N. The van der Waals surface area contributed by atoms with E-state index in [1.165, 1.54) is 25.9 Å². The molecule has 0 aromatic carbocycles.